The Morgan fingerprint density at radius 2 is 1.50 bits per heavy atom. The van der Waals surface area contributed by atoms with Crippen LogP contribution >= 0.6 is 0 Å². The molecule has 1 saturated heterocycles. The lowest BCUT2D eigenvalue weighted by Crippen LogP contribution is -2.34. The molecule has 0 radical (unpaired) electrons. The van der Waals surface area contributed by atoms with Crippen LogP contribution in [0.15, 0.2) is 42.5 Å². The van der Waals surface area contributed by atoms with Crippen molar-refractivity contribution in [2.75, 3.05) is 6.61 Å². The number of benzene rings is 1. The minimum absolute atomic E-state index is 0.141. The molecule has 0 bridgehead atoms. The zero-order chi connectivity index (χ0) is 20.6. The molecule has 0 aliphatic carbocycles. The van der Waals surface area contributed by atoms with Gasteiger partial charge in [0.1, 0.15) is 10.5 Å². The molecule has 0 aromatic heterocycles. The lowest BCUT2D eigenvalue weighted by Gasteiger charge is -2.23. The Kier molecular flexibility index (Phi) is 8.42. The fourth-order valence-corrected chi connectivity index (χ4v) is 5.38. The van der Waals surface area contributed by atoms with Crippen molar-refractivity contribution in [3.8, 4) is 0 Å². The second-order valence-corrected chi connectivity index (χ2v) is 9.73. The smallest absolute Gasteiger partial charge is 0.335 e. The van der Waals surface area contributed by atoms with Gasteiger partial charge in [-0.05, 0) is 25.3 Å². The second kappa shape index (κ2) is 10.6. The van der Waals surface area contributed by atoms with E-state index < -0.39 is 26.3 Å². The van der Waals surface area contributed by atoms with Gasteiger partial charge >= 0.3 is 5.97 Å². The van der Waals surface area contributed by atoms with Crippen molar-refractivity contribution in [3.05, 3.63) is 48.0 Å². The lowest BCUT2D eigenvalue weighted by molar-refractivity contribution is -0.139. The number of esters is 1. The number of carbonyl (C=O) groups excluding carboxylic acids is 2. The number of hydrogen-bond acceptors (Lipinski definition) is 5. The highest BCUT2D eigenvalue weighted by molar-refractivity contribution is 7.93. The Labute approximate surface area is 168 Å². The first kappa shape index (κ1) is 22.3. The highest BCUT2D eigenvalue weighted by Crippen LogP contribution is 2.34. The molecule has 2 rings (SSSR count). The number of carbonyl (C=O) groups is 2. The van der Waals surface area contributed by atoms with Gasteiger partial charge in [-0.25, -0.2) is 13.2 Å². The van der Waals surface area contributed by atoms with Crippen LogP contribution in [-0.2, 0) is 24.2 Å². The molecule has 5 nitrogen and oxygen atoms in total. The van der Waals surface area contributed by atoms with Gasteiger partial charge in [0.25, 0.3) is 0 Å². The number of rotatable bonds is 1. The zero-order valence-corrected chi connectivity index (χ0v) is 17.4. The summed E-state index contributed by atoms with van der Waals surface area (Å²) in [7, 11) is -4.00. The summed E-state index contributed by atoms with van der Waals surface area (Å²) in [5.41, 5.74) is 0.281. The van der Waals surface area contributed by atoms with Crippen LogP contribution in [0.4, 0.5) is 0 Å². The summed E-state index contributed by atoms with van der Waals surface area (Å²) in [6.07, 6.45) is 6.70. The monoisotopic (exact) mass is 406 g/mol. The predicted octanol–water partition coefficient (Wildman–Crippen LogP) is 4.33. The first-order chi connectivity index (χ1) is 13.4. The number of Topliss-reactive ketones (excluding diaryl/α,β-unsaturated/α-hetero) is 1. The molecule has 1 fully saturated rings. The largest absolute Gasteiger partial charge is 0.462 e. The molecule has 28 heavy (non-hydrogen) atoms. The molecule has 2 unspecified atom stereocenters. The maximum Gasteiger partial charge on any atom is 0.335 e. The SMILES string of the molecule is C=C1C(=O)OCCCCCCCCCC(=O)C(C)S(=O)(=O)C1c1ccccc1. The Hall–Kier alpha value is -1.95. The van der Waals surface area contributed by atoms with Crippen LogP contribution in [0.5, 0.6) is 0 Å². The fourth-order valence-electron chi connectivity index (χ4n) is 3.46. The number of hydrogen-bond donors (Lipinski definition) is 0. The van der Waals surface area contributed by atoms with Gasteiger partial charge in [0.2, 0.25) is 0 Å². The van der Waals surface area contributed by atoms with Gasteiger partial charge in [-0.15, -0.1) is 0 Å². The van der Waals surface area contributed by atoms with Crippen molar-refractivity contribution < 1.29 is 22.7 Å². The summed E-state index contributed by atoms with van der Waals surface area (Å²) in [6.45, 7) is 5.40. The summed E-state index contributed by atoms with van der Waals surface area (Å²) >= 11 is 0. The van der Waals surface area contributed by atoms with E-state index in [2.05, 4.69) is 6.58 Å². The van der Waals surface area contributed by atoms with Gasteiger partial charge in [-0.2, -0.15) is 0 Å². The summed E-state index contributed by atoms with van der Waals surface area (Å²) in [5, 5.41) is -2.48. The van der Waals surface area contributed by atoms with E-state index in [0.29, 0.717) is 12.0 Å². The predicted molar refractivity (Wildman–Crippen MR) is 110 cm³/mol. The van der Waals surface area contributed by atoms with E-state index in [1.807, 2.05) is 0 Å². The number of cyclic esters (lactones) is 1. The molecule has 0 spiro atoms. The molecule has 1 aromatic carbocycles. The molecule has 2 atom stereocenters. The average molecular weight is 407 g/mol. The van der Waals surface area contributed by atoms with E-state index in [9.17, 15) is 18.0 Å². The van der Waals surface area contributed by atoms with Gasteiger partial charge in [-0.1, -0.05) is 69.0 Å². The van der Waals surface area contributed by atoms with Crippen LogP contribution in [0.1, 0.15) is 69.1 Å². The molecule has 0 saturated carbocycles. The standard InChI is InChI=1S/C22H30O5S/c1-17-21(19-13-9-8-10-14-19)28(25,26)18(2)20(23)15-11-6-4-3-5-7-12-16-27-22(17)24/h8-10,13-14,18,21H,1,3-7,11-12,15-16H2,2H3. The molecule has 0 N–H and O–H groups in total. The molecule has 6 heteroatoms. The molecule has 154 valence electrons. The molecule has 1 aromatic rings. The Balaban J connectivity index is 2.36. The molecular formula is C22H30O5S. The average Bonchev–Trinajstić information content (AvgIpc) is 2.68. The van der Waals surface area contributed by atoms with E-state index in [-0.39, 0.29) is 24.4 Å². The normalized spacial score (nSPS) is 25.8. The van der Waals surface area contributed by atoms with Crippen LogP contribution in [0.2, 0.25) is 0 Å². The van der Waals surface area contributed by atoms with Crippen molar-refractivity contribution >= 4 is 21.6 Å². The molecule has 0 amide bonds. The highest BCUT2D eigenvalue weighted by atomic mass is 32.2. The molecule has 1 heterocycles. The molecule has 1 aliphatic rings. The van der Waals surface area contributed by atoms with Crippen molar-refractivity contribution in [1.82, 2.24) is 0 Å². The van der Waals surface area contributed by atoms with Gasteiger partial charge in [0, 0.05) is 6.42 Å². The van der Waals surface area contributed by atoms with Crippen molar-refractivity contribution in [3.63, 3.8) is 0 Å². The topological polar surface area (TPSA) is 77.5 Å². The van der Waals surface area contributed by atoms with Crippen LogP contribution in [0.25, 0.3) is 0 Å². The van der Waals surface area contributed by atoms with E-state index in [4.69, 9.17) is 4.74 Å². The summed E-state index contributed by atoms with van der Waals surface area (Å²) in [4.78, 5) is 25.1. The minimum atomic E-state index is -4.00. The number of ketones is 1. The maximum atomic E-state index is 13.3. The van der Waals surface area contributed by atoms with Gasteiger partial charge in [0.05, 0.1) is 12.2 Å². The molecular weight excluding hydrogens is 376 g/mol. The minimum Gasteiger partial charge on any atom is -0.462 e. The van der Waals surface area contributed by atoms with Crippen LogP contribution < -0.4 is 0 Å². The van der Waals surface area contributed by atoms with Crippen LogP contribution in [0, 0.1) is 0 Å². The van der Waals surface area contributed by atoms with E-state index in [0.717, 1.165) is 38.5 Å². The summed E-state index contributed by atoms with van der Waals surface area (Å²) < 4.78 is 31.9. The van der Waals surface area contributed by atoms with E-state index in [1.54, 1.807) is 30.3 Å². The van der Waals surface area contributed by atoms with Crippen molar-refractivity contribution in [2.24, 2.45) is 0 Å². The second-order valence-electron chi connectivity index (χ2n) is 7.37. The first-order valence-electron chi connectivity index (χ1n) is 10.0. The van der Waals surface area contributed by atoms with E-state index >= 15 is 0 Å². The summed E-state index contributed by atoms with van der Waals surface area (Å²) in [5.74, 6) is -1.03. The Morgan fingerprint density at radius 3 is 2.14 bits per heavy atom. The summed E-state index contributed by atoms with van der Waals surface area (Å²) in [6, 6.07) is 8.44. The van der Waals surface area contributed by atoms with Gasteiger partial charge in [-0.3, -0.25) is 4.79 Å². The van der Waals surface area contributed by atoms with Crippen LogP contribution in [0.3, 0.4) is 0 Å². The quantitative estimate of drug-likeness (QED) is 0.512. The first-order valence-corrected chi connectivity index (χ1v) is 11.6. The lowest BCUT2D eigenvalue weighted by atomic mass is 10.1. The third kappa shape index (κ3) is 5.77. The van der Waals surface area contributed by atoms with Gasteiger partial charge < -0.3 is 4.74 Å². The van der Waals surface area contributed by atoms with Crippen molar-refractivity contribution in [1.29, 1.82) is 0 Å². The van der Waals surface area contributed by atoms with Crippen LogP contribution in [-0.4, -0.2) is 32.0 Å². The third-order valence-electron chi connectivity index (χ3n) is 5.26. The van der Waals surface area contributed by atoms with Gasteiger partial charge in [0.15, 0.2) is 15.6 Å². The number of sulfone groups is 1. The highest BCUT2D eigenvalue weighted by Gasteiger charge is 2.40. The Morgan fingerprint density at radius 1 is 0.929 bits per heavy atom. The van der Waals surface area contributed by atoms with E-state index in [1.165, 1.54) is 6.92 Å². The van der Waals surface area contributed by atoms with Crippen molar-refractivity contribution in [2.45, 2.75) is 68.8 Å². The third-order valence-corrected chi connectivity index (χ3v) is 7.72. The number of ether oxygens (including phenoxy) is 1. The Bertz CT molecular complexity index is 782. The maximum absolute atomic E-state index is 13.3. The zero-order valence-electron chi connectivity index (χ0n) is 16.6. The molecule has 1 aliphatic heterocycles. The fraction of sp³-hybridized carbons (Fsp3) is 0.545.